The van der Waals surface area contributed by atoms with Crippen molar-refractivity contribution in [3.8, 4) is 6.07 Å². The summed E-state index contributed by atoms with van der Waals surface area (Å²) in [6.07, 6.45) is 0. The van der Waals surface area contributed by atoms with E-state index in [1.807, 2.05) is 66.7 Å². The SMILES string of the molecule is N#Cc1cccc(N(F)N=C(c2ccccc2)c2ccccc2)c1. The average Bonchev–Trinajstić information content (AvgIpc) is 2.67. The molecule has 0 saturated heterocycles. The van der Waals surface area contributed by atoms with Crippen LogP contribution in [0.15, 0.2) is 90.0 Å². The maximum atomic E-state index is 14.6. The highest BCUT2D eigenvalue weighted by atomic mass is 19.2. The van der Waals surface area contributed by atoms with Crippen LogP contribution in [0.25, 0.3) is 0 Å². The molecule has 4 heteroatoms. The van der Waals surface area contributed by atoms with Gasteiger partial charge in [-0.2, -0.15) is 5.26 Å². The summed E-state index contributed by atoms with van der Waals surface area (Å²) >= 11 is 0. The molecule has 0 aliphatic rings. The molecule has 0 radical (unpaired) electrons. The number of rotatable bonds is 4. The summed E-state index contributed by atoms with van der Waals surface area (Å²) in [6.45, 7) is 0. The zero-order valence-corrected chi connectivity index (χ0v) is 12.8. The van der Waals surface area contributed by atoms with Gasteiger partial charge in [0.25, 0.3) is 0 Å². The van der Waals surface area contributed by atoms with Crippen molar-refractivity contribution in [2.75, 3.05) is 5.23 Å². The van der Waals surface area contributed by atoms with Crippen molar-refractivity contribution in [1.29, 1.82) is 5.26 Å². The normalized spacial score (nSPS) is 9.83. The Morgan fingerprint density at radius 3 is 1.96 bits per heavy atom. The van der Waals surface area contributed by atoms with Crippen molar-refractivity contribution in [1.82, 2.24) is 0 Å². The van der Waals surface area contributed by atoms with E-state index < -0.39 is 0 Å². The van der Waals surface area contributed by atoms with Crippen molar-refractivity contribution in [2.45, 2.75) is 0 Å². The minimum absolute atomic E-state index is 0.207. The van der Waals surface area contributed by atoms with E-state index in [1.165, 1.54) is 6.07 Å². The zero-order valence-electron chi connectivity index (χ0n) is 12.8. The lowest BCUT2D eigenvalue weighted by molar-refractivity contribution is 0.447. The van der Waals surface area contributed by atoms with E-state index in [1.54, 1.807) is 18.2 Å². The monoisotopic (exact) mass is 315 g/mol. The second-order valence-electron chi connectivity index (χ2n) is 5.10. The molecule has 0 spiro atoms. The first kappa shape index (κ1) is 15.4. The van der Waals surface area contributed by atoms with Crippen molar-refractivity contribution in [2.24, 2.45) is 5.10 Å². The summed E-state index contributed by atoms with van der Waals surface area (Å²) in [7, 11) is 0. The number of benzene rings is 3. The van der Waals surface area contributed by atoms with E-state index >= 15 is 0 Å². The molecule has 0 bridgehead atoms. The van der Waals surface area contributed by atoms with Gasteiger partial charge < -0.3 is 0 Å². The second-order valence-corrected chi connectivity index (χ2v) is 5.10. The fourth-order valence-electron chi connectivity index (χ4n) is 2.31. The summed E-state index contributed by atoms with van der Waals surface area (Å²) in [5.41, 5.74) is 2.72. The molecule has 24 heavy (non-hydrogen) atoms. The molecular weight excluding hydrogens is 301 g/mol. The van der Waals surface area contributed by atoms with Crippen LogP contribution in [-0.2, 0) is 0 Å². The molecule has 3 aromatic carbocycles. The Morgan fingerprint density at radius 2 is 1.42 bits per heavy atom. The van der Waals surface area contributed by atoms with E-state index in [0.717, 1.165) is 11.1 Å². The summed E-state index contributed by atoms with van der Waals surface area (Å²) in [5, 5.41) is 13.4. The molecule has 3 nitrogen and oxygen atoms in total. The Bertz CT molecular complexity index is 842. The van der Waals surface area contributed by atoms with Crippen LogP contribution >= 0.6 is 0 Å². The van der Waals surface area contributed by atoms with Gasteiger partial charge in [0.1, 0.15) is 5.71 Å². The number of anilines is 1. The molecule has 0 fully saturated rings. The van der Waals surface area contributed by atoms with Gasteiger partial charge in [0.2, 0.25) is 0 Å². The predicted molar refractivity (Wildman–Crippen MR) is 93.3 cm³/mol. The Balaban J connectivity index is 2.05. The van der Waals surface area contributed by atoms with E-state index in [2.05, 4.69) is 5.10 Å². The topological polar surface area (TPSA) is 39.4 Å². The fraction of sp³-hybridized carbons (Fsp3) is 0. The highest BCUT2D eigenvalue weighted by Gasteiger charge is 2.11. The number of hydrogen-bond acceptors (Lipinski definition) is 3. The van der Waals surface area contributed by atoms with Crippen LogP contribution in [0, 0.1) is 11.3 Å². The highest BCUT2D eigenvalue weighted by molar-refractivity contribution is 6.13. The van der Waals surface area contributed by atoms with Gasteiger partial charge >= 0.3 is 0 Å². The van der Waals surface area contributed by atoms with Crippen LogP contribution in [0.3, 0.4) is 0 Å². The quantitative estimate of drug-likeness (QED) is 0.397. The van der Waals surface area contributed by atoms with Gasteiger partial charge in [-0.25, -0.2) is 0 Å². The van der Waals surface area contributed by atoms with Gasteiger partial charge in [0, 0.05) is 11.1 Å². The van der Waals surface area contributed by atoms with E-state index in [-0.39, 0.29) is 5.69 Å². The lowest BCUT2D eigenvalue weighted by Gasteiger charge is -2.12. The Hall–Kier alpha value is -3.45. The number of hydrogen-bond donors (Lipinski definition) is 0. The molecule has 0 unspecified atom stereocenters. The van der Waals surface area contributed by atoms with E-state index in [4.69, 9.17) is 5.26 Å². The fourth-order valence-corrected chi connectivity index (χ4v) is 2.31. The Labute approximate surface area is 139 Å². The van der Waals surface area contributed by atoms with Crippen molar-refractivity contribution in [3.63, 3.8) is 0 Å². The van der Waals surface area contributed by atoms with Gasteiger partial charge in [0.05, 0.1) is 17.3 Å². The van der Waals surface area contributed by atoms with Crippen molar-refractivity contribution < 1.29 is 4.48 Å². The van der Waals surface area contributed by atoms with Crippen LogP contribution in [0.5, 0.6) is 0 Å². The van der Waals surface area contributed by atoms with Crippen molar-refractivity contribution >= 4 is 11.4 Å². The number of halogens is 1. The van der Waals surface area contributed by atoms with Crippen LogP contribution in [0.2, 0.25) is 0 Å². The molecule has 3 aromatic rings. The van der Waals surface area contributed by atoms with Crippen LogP contribution < -0.4 is 5.23 Å². The van der Waals surface area contributed by atoms with Crippen molar-refractivity contribution in [3.05, 3.63) is 102 Å². The standard InChI is InChI=1S/C20H14FN3/c21-24(19-13-7-8-16(14-19)15-22)23-20(17-9-3-1-4-10-17)18-11-5-2-6-12-18/h1-14H. The number of hydrazone groups is 1. The van der Waals surface area contributed by atoms with Gasteiger partial charge in [0.15, 0.2) is 0 Å². The van der Waals surface area contributed by atoms with Crippen LogP contribution in [-0.4, -0.2) is 5.71 Å². The summed E-state index contributed by atoms with van der Waals surface area (Å²) in [4.78, 5) is 0. The molecule has 0 aliphatic heterocycles. The third-order valence-electron chi connectivity index (χ3n) is 3.47. The molecule has 0 aliphatic carbocycles. The minimum atomic E-state index is 0.207. The molecule has 3 rings (SSSR count). The van der Waals surface area contributed by atoms with E-state index in [0.29, 0.717) is 16.5 Å². The molecule has 0 amide bonds. The van der Waals surface area contributed by atoms with Gasteiger partial charge in [-0.05, 0) is 18.2 Å². The van der Waals surface area contributed by atoms with Gasteiger partial charge in [-0.3, -0.25) is 0 Å². The second kappa shape index (κ2) is 7.21. The zero-order chi connectivity index (χ0) is 16.8. The lowest BCUT2D eigenvalue weighted by atomic mass is 10.0. The first-order valence-corrected chi connectivity index (χ1v) is 7.43. The summed E-state index contributed by atoms with van der Waals surface area (Å²) in [5.74, 6) is 0. The smallest absolute Gasteiger partial charge is 0.101 e. The Kier molecular flexibility index (Phi) is 4.64. The molecule has 0 N–H and O–H groups in total. The first-order valence-electron chi connectivity index (χ1n) is 7.43. The minimum Gasteiger partial charge on any atom is -0.192 e. The molecule has 0 atom stereocenters. The lowest BCUT2D eigenvalue weighted by Crippen LogP contribution is -2.11. The third-order valence-corrected chi connectivity index (χ3v) is 3.47. The largest absolute Gasteiger partial charge is 0.192 e. The first-order chi connectivity index (χ1) is 11.8. The number of nitriles is 1. The summed E-state index contributed by atoms with van der Waals surface area (Å²) in [6, 6.07) is 27.1. The summed E-state index contributed by atoms with van der Waals surface area (Å²) < 4.78 is 14.6. The maximum Gasteiger partial charge on any atom is 0.101 e. The molecule has 116 valence electrons. The molecule has 0 heterocycles. The maximum absolute atomic E-state index is 14.6. The van der Waals surface area contributed by atoms with E-state index in [9.17, 15) is 4.48 Å². The molecule has 0 saturated carbocycles. The highest BCUT2D eigenvalue weighted by Crippen LogP contribution is 2.19. The molecule has 0 aromatic heterocycles. The third kappa shape index (κ3) is 3.47. The van der Waals surface area contributed by atoms with Crippen LogP contribution in [0.4, 0.5) is 10.2 Å². The van der Waals surface area contributed by atoms with Gasteiger partial charge in [-0.15, -0.1) is 5.10 Å². The molecular formula is C20H14FN3. The average molecular weight is 315 g/mol. The number of nitrogens with zero attached hydrogens (tertiary/aromatic N) is 3. The Morgan fingerprint density at radius 1 is 0.833 bits per heavy atom. The van der Waals surface area contributed by atoms with Crippen LogP contribution in [0.1, 0.15) is 16.7 Å². The predicted octanol–water partition coefficient (Wildman–Crippen LogP) is 4.70. The van der Waals surface area contributed by atoms with Gasteiger partial charge in [-0.1, -0.05) is 76.4 Å².